The molecule has 0 fully saturated rings. The number of rotatable bonds is 4. The van der Waals surface area contributed by atoms with E-state index in [9.17, 15) is 5.11 Å². The smallest absolute Gasteiger partial charge is 0.119 e. The Bertz CT molecular complexity index is 804. The van der Waals surface area contributed by atoms with Gasteiger partial charge in [-0.15, -0.1) is 0 Å². The van der Waals surface area contributed by atoms with Crippen LogP contribution in [-0.4, -0.2) is 12.2 Å². The highest BCUT2D eigenvalue weighted by atomic mass is 16.5. The van der Waals surface area contributed by atoms with Crippen LogP contribution in [0.3, 0.4) is 0 Å². The van der Waals surface area contributed by atoms with Gasteiger partial charge in [-0.05, 0) is 52.9 Å². The molecule has 0 heterocycles. The lowest BCUT2D eigenvalue weighted by Crippen LogP contribution is -1.91. The molecule has 0 aromatic heterocycles. The van der Waals surface area contributed by atoms with E-state index in [0.717, 1.165) is 33.6 Å². The number of ether oxygens (including phenoxy) is 1. The molecule has 0 aliphatic carbocycles. The van der Waals surface area contributed by atoms with Gasteiger partial charge >= 0.3 is 0 Å². The van der Waals surface area contributed by atoms with Crippen molar-refractivity contribution in [1.82, 2.24) is 0 Å². The van der Waals surface area contributed by atoms with Crippen LogP contribution >= 0.6 is 0 Å². The minimum atomic E-state index is 0.0149. The standard InChI is InChI=1S/C21H20O2/c1-15-6-8-16(9-7-15)21-11-10-18(12-19(21)14-22)17-4-3-5-20(13-17)23-2/h3-13,22H,14H2,1-2H3. The molecule has 0 aliphatic rings. The zero-order chi connectivity index (χ0) is 16.2. The fourth-order valence-corrected chi connectivity index (χ4v) is 2.72. The summed E-state index contributed by atoms with van der Waals surface area (Å²) in [6.45, 7) is 2.09. The van der Waals surface area contributed by atoms with Crippen molar-refractivity contribution in [3.63, 3.8) is 0 Å². The second-order valence-electron chi connectivity index (χ2n) is 5.63. The number of benzene rings is 3. The number of aliphatic hydroxyl groups excluding tert-OH is 1. The normalized spacial score (nSPS) is 10.6. The molecule has 3 aromatic carbocycles. The van der Waals surface area contributed by atoms with Crippen molar-refractivity contribution in [2.24, 2.45) is 0 Å². The number of hydrogen-bond acceptors (Lipinski definition) is 2. The summed E-state index contributed by atoms with van der Waals surface area (Å²) in [6.07, 6.45) is 0. The highest BCUT2D eigenvalue weighted by Crippen LogP contribution is 2.30. The molecule has 3 rings (SSSR count). The van der Waals surface area contributed by atoms with Gasteiger partial charge in [-0.25, -0.2) is 0 Å². The van der Waals surface area contributed by atoms with Gasteiger partial charge in [0.25, 0.3) is 0 Å². The summed E-state index contributed by atoms with van der Waals surface area (Å²) in [5.41, 5.74) is 6.50. The number of hydrogen-bond donors (Lipinski definition) is 1. The predicted octanol–water partition coefficient (Wildman–Crippen LogP) is 4.83. The largest absolute Gasteiger partial charge is 0.497 e. The molecule has 2 nitrogen and oxygen atoms in total. The minimum absolute atomic E-state index is 0.0149. The van der Waals surface area contributed by atoms with Gasteiger partial charge in [0.1, 0.15) is 5.75 Å². The first-order valence-corrected chi connectivity index (χ1v) is 7.66. The molecule has 3 aromatic rings. The lowest BCUT2D eigenvalue weighted by molar-refractivity contribution is 0.282. The third-order valence-corrected chi connectivity index (χ3v) is 4.04. The SMILES string of the molecule is COc1cccc(-c2ccc(-c3ccc(C)cc3)c(CO)c2)c1. The Hall–Kier alpha value is -2.58. The first-order valence-electron chi connectivity index (χ1n) is 7.66. The van der Waals surface area contributed by atoms with Crippen LogP contribution in [0.2, 0.25) is 0 Å². The van der Waals surface area contributed by atoms with E-state index >= 15 is 0 Å². The van der Waals surface area contributed by atoms with Crippen LogP contribution in [-0.2, 0) is 6.61 Å². The highest BCUT2D eigenvalue weighted by molar-refractivity contribution is 5.74. The number of aryl methyl sites for hydroxylation is 1. The number of methoxy groups -OCH3 is 1. The second kappa shape index (κ2) is 6.67. The van der Waals surface area contributed by atoms with Crippen LogP contribution in [0.1, 0.15) is 11.1 Å². The van der Waals surface area contributed by atoms with E-state index in [1.807, 2.05) is 30.3 Å². The third-order valence-electron chi connectivity index (χ3n) is 4.04. The average Bonchev–Trinajstić information content (AvgIpc) is 2.62. The fraction of sp³-hybridized carbons (Fsp3) is 0.143. The van der Waals surface area contributed by atoms with Gasteiger partial charge in [-0.3, -0.25) is 0 Å². The summed E-state index contributed by atoms with van der Waals surface area (Å²) in [7, 11) is 1.67. The highest BCUT2D eigenvalue weighted by Gasteiger charge is 2.07. The van der Waals surface area contributed by atoms with Crippen molar-refractivity contribution < 1.29 is 9.84 Å². The Morgan fingerprint density at radius 1 is 0.826 bits per heavy atom. The Labute approximate surface area is 137 Å². The van der Waals surface area contributed by atoms with Gasteiger partial charge in [-0.2, -0.15) is 0 Å². The summed E-state index contributed by atoms with van der Waals surface area (Å²) in [6, 6.07) is 22.5. The van der Waals surface area contributed by atoms with Gasteiger partial charge in [0.2, 0.25) is 0 Å². The van der Waals surface area contributed by atoms with Gasteiger partial charge in [0.15, 0.2) is 0 Å². The molecule has 1 N–H and O–H groups in total. The van der Waals surface area contributed by atoms with Crippen LogP contribution in [0.4, 0.5) is 0 Å². The van der Waals surface area contributed by atoms with Crippen molar-refractivity contribution in [2.45, 2.75) is 13.5 Å². The maximum absolute atomic E-state index is 9.78. The molecule has 2 heteroatoms. The first-order chi connectivity index (χ1) is 11.2. The summed E-state index contributed by atoms with van der Waals surface area (Å²) in [5, 5.41) is 9.78. The quantitative estimate of drug-likeness (QED) is 0.748. The third kappa shape index (κ3) is 3.27. The summed E-state index contributed by atoms with van der Waals surface area (Å²) < 4.78 is 5.29. The van der Waals surface area contributed by atoms with Crippen LogP contribution in [0.25, 0.3) is 22.3 Å². The van der Waals surface area contributed by atoms with Crippen LogP contribution in [0, 0.1) is 6.92 Å². The Kier molecular flexibility index (Phi) is 4.45. The van der Waals surface area contributed by atoms with Crippen molar-refractivity contribution in [3.05, 3.63) is 77.9 Å². The molecule has 0 bridgehead atoms. The van der Waals surface area contributed by atoms with E-state index < -0.39 is 0 Å². The molecule has 116 valence electrons. The topological polar surface area (TPSA) is 29.5 Å². The van der Waals surface area contributed by atoms with Crippen LogP contribution < -0.4 is 4.74 Å². The summed E-state index contributed by atoms with van der Waals surface area (Å²) >= 11 is 0. The van der Waals surface area contributed by atoms with E-state index in [4.69, 9.17) is 4.74 Å². The Morgan fingerprint density at radius 2 is 1.52 bits per heavy atom. The second-order valence-corrected chi connectivity index (χ2v) is 5.63. The Morgan fingerprint density at radius 3 is 2.22 bits per heavy atom. The zero-order valence-electron chi connectivity index (χ0n) is 13.4. The molecule has 0 unspecified atom stereocenters. The van der Waals surface area contributed by atoms with E-state index in [1.165, 1.54) is 5.56 Å². The fourth-order valence-electron chi connectivity index (χ4n) is 2.72. The van der Waals surface area contributed by atoms with Gasteiger partial charge < -0.3 is 9.84 Å². The minimum Gasteiger partial charge on any atom is -0.497 e. The van der Waals surface area contributed by atoms with Crippen molar-refractivity contribution in [2.75, 3.05) is 7.11 Å². The van der Waals surface area contributed by atoms with Gasteiger partial charge in [0.05, 0.1) is 13.7 Å². The number of aliphatic hydroxyl groups is 1. The lowest BCUT2D eigenvalue weighted by atomic mass is 9.95. The zero-order valence-corrected chi connectivity index (χ0v) is 13.4. The Balaban J connectivity index is 2.04. The maximum atomic E-state index is 9.78. The molecule has 0 amide bonds. The molecule has 0 saturated heterocycles. The van der Waals surface area contributed by atoms with E-state index in [-0.39, 0.29) is 6.61 Å². The first kappa shape index (κ1) is 15.3. The van der Waals surface area contributed by atoms with Gasteiger partial charge in [-0.1, -0.05) is 54.1 Å². The van der Waals surface area contributed by atoms with E-state index in [1.54, 1.807) is 7.11 Å². The molecule has 0 spiro atoms. The molecule has 0 radical (unpaired) electrons. The van der Waals surface area contributed by atoms with Crippen molar-refractivity contribution in [3.8, 4) is 28.0 Å². The molecular weight excluding hydrogens is 284 g/mol. The molecule has 23 heavy (non-hydrogen) atoms. The van der Waals surface area contributed by atoms with Crippen molar-refractivity contribution in [1.29, 1.82) is 0 Å². The monoisotopic (exact) mass is 304 g/mol. The summed E-state index contributed by atoms with van der Waals surface area (Å²) in [4.78, 5) is 0. The molecular formula is C21H20O2. The maximum Gasteiger partial charge on any atom is 0.119 e. The lowest BCUT2D eigenvalue weighted by Gasteiger charge is -2.12. The van der Waals surface area contributed by atoms with E-state index in [0.29, 0.717) is 0 Å². The van der Waals surface area contributed by atoms with E-state index in [2.05, 4.69) is 43.3 Å². The summed E-state index contributed by atoms with van der Waals surface area (Å²) in [5.74, 6) is 0.829. The van der Waals surface area contributed by atoms with Crippen molar-refractivity contribution >= 4 is 0 Å². The van der Waals surface area contributed by atoms with Gasteiger partial charge in [0, 0.05) is 0 Å². The molecule has 0 saturated carbocycles. The molecule has 0 atom stereocenters. The van der Waals surface area contributed by atoms with Crippen LogP contribution in [0.5, 0.6) is 5.75 Å². The predicted molar refractivity (Wildman–Crippen MR) is 94.5 cm³/mol. The molecule has 0 aliphatic heterocycles. The van der Waals surface area contributed by atoms with Crippen LogP contribution in [0.15, 0.2) is 66.7 Å². The average molecular weight is 304 g/mol.